The third-order valence-corrected chi connectivity index (χ3v) is 3.99. The van der Waals surface area contributed by atoms with Gasteiger partial charge in [-0.25, -0.2) is 4.40 Å². The van der Waals surface area contributed by atoms with Crippen LogP contribution >= 0.6 is 11.9 Å². The zero-order chi connectivity index (χ0) is 16.2. The highest BCUT2D eigenvalue weighted by atomic mass is 32.2. The Labute approximate surface area is 136 Å². The van der Waals surface area contributed by atoms with E-state index in [0.29, 0.717) is 10.5 Å². The van der Waals surface area contributed by atoms with Gasteiger partial charge in [0.1, 0.15) is 5.75 Å². The molecule has 0 aliphatic rings. The van der Waals surface area contributed by atoms with E-state index in [9.17, 15) is 15.2 Å². The Morgan fingerprint density at radius 2 is 1.91 bits per heavy atom. The van der Waals surface area contributed by atoms with Crippen molar-refractivity contribution in [2.75, 3.05) is 0 Å². The van der Waals surface area contributed by atoms with Crippen LogP contribution in [0, 0.1) is 10.1 Å². The molecule has 114 valence electrons. The Morgan fingerprint density at radius 3 is 2.74 bits per heavy atom. The molecule has 23 heavy (non-hydrogen) atoms. The molecule has 0 fully saturated rings. The molecular weight excluding hydrogens is 312 g/mol. The molecule has 0 aliphatic heterocycles. The van der Waals surface area contributed by atoms with Crippen molar-refractivity contribution < 1.29 is 10.0 Å². The van der Waals surface area contributed by atoms with E-state index in [1.54, 1.807) is 24.4 Å². The molecule has 0 atom stereocenters. The number of aromatic hydroxyl groups is 1. The second-order valence-electron chi connectivity index (χ2n) is 4.80. The molecule has 3 aromatic carbocycles. The molecule has 0 aromatic heterocycles. The number of benzene rings is 3. The van der Waals surface area contributed by atoms with Gasteiger partial charge in [-0.3, -0.25) is 10.1 Å². The summed E-state index contributed by atoms with van der Waals surface area (Å²) in [5.41, 5.74) is 0.652. The minimum atomic E-state index is -0.440. The Hall–Kier alpha value is -2.86. The summed E-state index contributed by atoms with van der Waals surface area (Å²) in [6, 6.07) is 17.4. The molecule has 0 saturated heterocycles. The number of hydrogen-bond donors (Lipinski definition) is 1. The van der Waals surface area contributed by atoms with Crippen molar-refractivity contribution in [2.24, 2.45) is 4.40 Å². The number of phenols is 1. The molecule has 5 nitrogen and oxygen atoms in total. The van der Waals surface area contributed by atoms with Crippen LogP contribution in [0.4, 0.5) is 5.69 Å². The lowest BCUT2D eigenvalue weighted by molar-refractivity contribution is -0.385. The fourth-order valence-electron chi connectivity index (χ4n) is 2.21. The number of hydrogen-bond acceptors (Lipinski definition) is 5. The predicted octanol–water partition coefficient (Wildman–Crippen LogP) is 4.58. The SMILES string of the molecule is O=[N+]([O-])c1cccc(S/N=C/c2c(O)ccc3ccccc23)c1. The van der Waals surface area contributed by atoms with Crippen LogP contribution in [0.3, 0.4) is 0 Å². The van der Waals surface area contributed by atoms with Crippen molar-refractivity contribution in [1.29, 1.82) is 0 Å². The first-order valence-corrected chi connectivity index (χ1v) is 7.58. The first kappa shape index (κ1) is 15.1. The fraction of sp³-hybridized carbons (Fsp3) is 0. The summed E-state index contributed by atoms with van der Waals surface area (Å²) in [6.45, 7) is 0. The summed E-state index contributed by atoms with van der Waals surface area (Å²) in [6.07, 6.45) is 1.57. The van der Waals surface area contributed by atoms with Crippen LogP contribution in [0.15, 0.2) is 70.0 Å². The van der Waals surface area contributed by atoms with E-state index in [0.717, 1.165) is 22.7 Å². The number of phenolic OH excluding ortho intramolecular Hbond substituents is 1. The highest BCUT2D eigenvalue weighted by Gasteiger charge is 2.06. The lowest BCUT2D eigenvalue weighted by atomic mass is 10.0. The molecule has 0 radical (unpaired) electrons. The van der Waals surface area contributed by atoms with Crippen LogP contribution in [-0.4, -0.2) is 16.2 Å². The highest BCUT2D eigenvalue weighted by molar-refractivity contribution is 7.98. The molecule has 0 bridgehead atoms. The largest absolute Gasteiger partial charge is 0.507 e. The maximum Gasteiger partial charge on any atom is 0.270 e. The summed E-state index contributed by atoms with van der Waals surface area (Å²) >= 11 is 1.12. The maximum atomic E-state index is 10.8. The minimum absolute atomic E-state index is 0.0261. The number of nitro groups is 1. The summed E-state index contributed by atoms with van der Waals surface area (Å²) < 4.78 is 4.23. The smallest absolute Gasteiger partial charge is 0.270 e. The second kappa shape index (κ2) is 6.50. The highest BCUT2D eigenvalue weighted by Crippen LogP contribution is 2.28. The van der Waals surface area contributed by atoms with E-state index in [-0.39, 0.29) is 11.4 Å². The van der Waals surface area contributed by atoms with Crippen molar-refractivity contribution >= 4 is 34.6 Å². The van der Waals surface area contributed by atoms with Crippen LogP contribution in [0.5, 0.6) is 5.75 Å². The second-order valence-corrected chi connectivity index (χ2v) is 5.66. The van der Waals surface area contributed by atoms with Crippen LogP contribution in [0.2, 0.25) is 0 Å². The molecule has 1 N–H and O–H groups in total. The molecule has 0 heterocycles. The fourth-order valence-corrected chi connectivity index (χ4v) is 2.81. The van der Waals surface area contributed by atoms with Gasteiger partial charge in [-0.2, -0.15) is 0 Å². The molecule has 0 aliphatic carbocycles. The zero-order valence-electron chi connectivity index (χ0n) is 11.9. The number of fused-ring (bicyclic) bond motifs is 1. The predicted molar refractivity (Wildman–Crippen MR) is 92.2 cm³/mol. The third-order valence-electron chi connectivity index (χ3n) is 3.32. The van der Waals surface area contributed by atoms with E-state index in [1.807, 2.05) is 30.3 Å². The molecule has 0 unspecified atom stereocenters. The Balaban J connectivity index is 1.88. The first-order chi connectivity index (χ1) is 11.1. The Bertz CT molecular complexity index is 909. The van der Waals surface area contributed by atoms with Crippen molar-refractivity contribution in [3.05, 3.63) is 76.3 Å². The quantitative estimate of drug-likeness (QED) is 0.330. The van der Waals surface area contributed by atoms with Gasteiger partial charge >= 0.3 is 0 Å². The number of nitro benzene ring substituents is 1. The topological polar surface area (TPSA) is 75.7 Å². The van der Waals surface area contributed by atoms with E-state index >= 15 is 0 Å². The Morgan fingerprint density at radius 1 is 1.09 bits per heavy atom. The van der Waals surface area contributed by atoms with E-state index in [1.165, 1.54) is 12.1 Å². The molecule has 3 aromatic rings. The van der Waals surface area contributed by atoms with Gasteiger partial charge in [0.2, 0.25) is 0 Å². The molecule has 6 heteroatoms. The van der Waals surface area contributed by atoms with Crippen molar-refractivity contribution in [3.63, 3.8) is 0 Å². The van der Waals surface area contributed by atoms with Gasteiger partial charge in [-0.15, -0.1) is 0 Å². The van der Waals surface area contributed by atoms with Crippen LogP contribution in [0.25, 0.3) is 10.8 Å². The number of non-ortho nitro benzene ring substituents is 1. The van der Waals surface area contributed by atoms with E-state index in [2.05, 4.69) is 4.40 Å². The average Bonchev–Trinajstić information content (AvgIpc) is 2.57. The van der Waals surface area contributed by atoms with Crippen LogP contribution in [0.1, 0.15) is 5.56 Å². The Kier molecular flexibility index (Phi) is 4.25. The molecule has 0 amide bonds. The van der Waals surface area contributed by atoms with E-state index < -0.39 is 4.92 Å². The van der Waals surface area contributed by atoms with Gasteiger partial charge in [-0.1, -0.05) is 36.4 Å². The monoisotopic (exact) mass is 324 g/mol. The van der Waals surface area contributed by atoms with Crippen molar-refractivity contribution in [1.82, 2.24) is 0 Å². The number of rotatable bonds is 4. The number of nitrogens with zero attached hydrogens (tertiary/aromatic N) is 2. The van der Waals surface area contributed by atoms with Gasteiger partial charge < -0.3 is 5.11 Å². The average molecular weight is 324 g/mol. The minimum Gasteiger partial charge on any atom is -0.507 e. The van der Waals surface area contributed by atoms with E-state index in [4.69, 9.17) is 0 Å². The molecule has 0 saturated carbocycles. The van der Waals surface area contributed by atoms with Crippen molar-refractivity contribution in [3.8, 4) is 5.75 Å². The lowest BCUT2D eigenvalue weighted by Crippen LogP contribution is -1.87. The summed E-state index contributed by atoms with van der Waals surface area (Å²) in [5.74, 6) is 0.145. The molecular formula is C17H12N2O3S. The normalized spacial score (nSPS) is 11.1. The van der Waals surface area contributed by atoms with Crippen LogP contribution < -0.4 is 0 Å². The van der Waals surface area contributed by atoms with Gasteiger partial charge in [0.05, 0.1) is 4.92 Å². The van der Waals surface area contributed by atoms with Gasteiger partial charge in [0.15, 0.2) is 0 Å². The maximum absolute atomic E-state index is 10.8. The summed E-state index contributed by atoms with van der Waals surface area (Å²) in [5, 5.41) is 22.7. The van der Waals surface area contributed by atoms with Gasteiger partial charge in [0, 0.05) is 40.8 Å². The molecule has 3 rings (SSSR count). The first-order valence-electron chi connectivity index (χ1n) is 6.81. The third kappa shape index (κ3) is 3.32. The summed E-state index contributed by atoms with van der Waals surface area (Å²) in [7, 11) is 0. The summed E-state index contributed by atoms with van der Waals surface area (Å²) in [4.78, 5) is 11.0. The van der Waals surface area contributed by atoms with Crippen molar-refractivity contribution in [2.45, 2.75) is 4.90 Å². The lowest BCUT2D eigenvalue weighted by Gasteiger charge is -2.04. The van der Waals surface area contributed by atoms with Gasteiger partial charge in [0.25, 0.3) is 5.69 Å². The van der Waals surface area contributed by atoms with Gasteiger partial charge in [-0.05, 0) is 22.9 Å². The zero-order valence-corrected chi connectivity index (χ0v) is 12.7. The van der Waals surface area contributed by atoms with Crippen LogP contribution in [-0.2, 0) is 0 Å². The molecule has 0 spiro atoms. The standard InChI is InChI=1S/C17H12N2O3S/c20-17-9-8-12-4-1-2-7-15(12)16(17)11-18-23-14-6-3-5-13(10-14)19(21)22/h1-11,20H/b18-11+.